The van der Waals surface area contributed by atoms with Crippen LogP contribution in [0.15, 0.2) is 83.8 Å². The van der Waals surface area contributed by atoms with Gasteiger partial charge in [0.1, 0.15) is 0 Å². The lowest BCUT2D eigenvalue weighted by Gasteiger charge is -2.20. The third-order valence-electron chi connectivity index (χ3n) is 5.77. The summed E-state index contributed by atoms with van der Waals surface area (Å²) in [7, 11) is -2.14. The monoisotopic (exact) mass is 449 g/mol. The lowest BCUT2D eigenvalue weighted by molar-refractivity contribution is 0.0953. The Kier molecular flexibility index (Phi) is 6.46. The van der Waals surface area contributed by atoms with Crippen molar-refractivity contribution < 1.29 is 13.2 Å². The zero-order chi connectivity index (χ0) is 22.6. The summed E-state index contributed by atoms with van der Waals surface area (Å²) in [6.45, 7) is 2.51. The Morgan fingerprint density at radius 2 is 1.66 bits per heavy atom. The molecule has 0 atom stereocenters. The topological polar surface area (TPSA) is 69.7 Å². The van der Waals surface area contributed by atoms with Gasteiger partial charge in [0.2, 0.25) is 0 Å². The van der Waals surface area contributed by atoms with Crippen molar-refractivity contribution in [3.63, 3.8) is 0 Å². The van der Waals surface area contributed by atoms with Crippen LogP contribution in [0.3, 0.4) is 0 Å². The molecule has 6 nitrogen and oxygen atoms in total. The molecule has 4 rings (SSSR count). The average Bonchev–Trinajstić information content (AvgIpc) is 3.25. The van der Waals surface area contributed by atoms with E-state index in [9.17, 15) is 13.2 Å². The highest BCUT2D eigenvalue weighted by atomic mass is 32.2. The molecule has 0 radical (unpaired) electrons. The van der Waals surface area contributed by atoms with E-state index in [4.69, 9.17) is 0 Å². The molecule has 32 heavy (non-hydrogen) atoms. The first-order valence-electron chi connectivity index (χ1n) is 10.7. The van der Waals surface area contributed by atoms with Gasteiger partial charge >= 0.3 is 0 Å². The Balaban J connectivity index is 1.30. The predicted molar refractivity (Wildman–Crippen MR) is 128 cm³/mol. The van der Waals surface area contributed by atoms with E-state index in [0.717, 1.165) is 25.9 Å². The molecule has 3 aromatic carbocycles. The summed E-state index contributed by atoms with van der Waals surface area (Å²) >= 11 is 0. The van der Waals surface area contributed by atoms with Crippen LogP contribution in [-0.4, -0.2) is 41.0 Å². The number of amides is 1. The van der Waals surface area contributed by atoms with E-state index in [1.165, 1.54) is 22.6 Å². The number of anilines is 2. The van der Waals surface area contributed by atoms with Crippen LogP contribution in [0.4, 0.5) is 11.4 Å². The van der Waals surface area contributed by atoms with Crippen molar-refractivity contribution in [1.29, 1.82) is 0 Å². The quantitative estimate of drug-likeness (QED) is 0.533. The molecule has 166 valence electrons. The Morgan fingerprint density at radius 1 is 0.969 bits per heavy atom. The van der Waals surface area contributed by atoms with Crippen LogP contribution in [0.1, 0.15) is 22.3 Å². The molecule has 1 aliphatic rings. The summed E-state index contributed by atoms with van der Waals surface area (Å²) in [6.07, 6.45) is 1.93. The number of benzene rings is 3. The van der Waals surface area contributed by atoms with Crippen molar-refractivity contribution in [1.82, 2.24) is 5.32 Å². The number of fused-ring (bicyclic) bond motifs is 1. The molecule has 0 fully saturated rings. The van der Waals surface area contributed by atoms with E-state index in [2.05, 4.69) is 34.5 Å². The largest absolute Gasteiger partial charge is 0.371 e. The van der Waals surface area contributed by atoms with Crippen LogP contribution in [-0.2, 0) is 16.4 Å². The molecule has 0 saturated heterocycles. The van der Waals surface area contributed by atoms with Gasteiger partial charge in [0.05, 0.1) is 10.6 Å². The normalized spacial score (nSPS) is 13.0. The number of carbonyl (C=O) groups is 1. The number of hydrogen-bond donors (Lipinski definition) is 1. The minimum atomic E-state index is -3.64. The second kappa shape index (κ2) is 9.44. The SMILES string of the molecule is CN(c1ccc(C(=O)NCCCN2CCc3ccccc32)cc1)S(=O)(=O)c1ccccc1. The van der Waals surface area contributed by atoms with Gasteiger partial charge in [-0.05, 0) is 60.9 Å². The van der Waals surface area contributed by atoms with Crippen molar-refractivity contribution in [3.8, 4) is 0 Å². The van der Waals surface area contributed by atoms with E-state index in [1.807, 2.05) is 0 Å². The molecule has 0 bridgehead atoms. The highest BCUT2D eigenvalue weighted by Crippen LogP contribution is 2.27. The molecule has 0 saturated carbocycles. The number of rotatable bonds is 8. The lowest BCUT2D eigenvalue weighted by Crippen LogP contribution is -2.29. The van der Waals surface area contributed by atoms with Gasteiger partial charge in [-0.25, -0.2) is 8.42 Å². The second-order valence-corrected chi connectivity index (χ2v) is 9.78. The molecule has 1 aliphatic heterocycles. The van der Waals surface area contributed by atoms with Gasteiger partial charge in [-0.15, -0.1) is 0 Å². The lowest BCUT2D eigenvalue weighted by atomic mass is 10.2. The third-order valence-corrected chi connectivity index (χ3v) is 7.57. The standard InChI is InChI=1S/C25H27N3O3S/c1-27(32(30,31)23-9-3-2-4-10-23)22-14-12-21(13-15-22)25(29)26-17-7-18-28-19-16-20-8-5-6-11-24(20)28/h2-6,8-15H,7,16-19H2,1H3,(H,26,29). The number of carbonyl (C=O) groups excluding carboxylic acids is 1. The maximum absolute atomic E-state index is 12.8. The third kappa shape index (κ3) is 4.62. The van der Waals surface area contributed by atoms with Gasteiger partial charge in [0.15, 0.2) is 0 Å². The summed E-state index contributed by atoms with van der Waals surface area (Å²) in [6, 6.07) is 23.3. The Morgan fingerprint density at radius 3 is 2.41 bits per heavy atom. The molecule has 3 aromatic rings. The Hall–Kier alpha value is -3.32. The summed E-state index contributed by atoms with van der Waals surface area (Å²) in [5, 5.41) is 2.95. The summed E-state index contributed by atoms with van der Waals surface area (Å²) in [5.74, 6) is -0.160. The molecule has 0 aliphatic carbocycles. The number of sulfonamides is 1. The predicted octanol–water partition coefficient (Wildman–Crippen LogP) is 3.69. The van der Waals surface area contributed by atoms with Gasteiger partial charge in [-0.2, -0.15) is 0 Å². The zero-order valence-corrected chi connectivity index (χ0v) is 18.9. The number of nitrogens with one attached hydrogen (secondary N) is 1. The first-order chi connectivity index (χ1) is 15.5. The Bertz CT molecular complexity index is 1180. The second-order valence-electron chi connectivity index (χ2n) is 7.81. The molecule has 1 heterocycles. The number of hydrogen-bond acceptors (Lipinski definition) is 4. The summed E-state index contributed by atoms with van der Waals surface area (Å²) in [4.78, 5) is 15.1. The summed E-state index contributed by atoms with van der Waals surface area (Å²) < 4.78 is 26.7. The van der Waals surface area contributed by atoms with E-state index in [1.54, 1.807) is 54.6 Å². The molecular formula is C25H27N3O3S. The smallest absolute Gasteiger partial charge is 0.264 e. The molecule has 1 N–H and O–H groups in total. The Labute approximate surface area is 189 Å². The van der Waals surface area contributed by atoms with Gasteiger partial charge in [0.25, 0.3) is 15.9 Å². The van der Waals surface area contributed by atoms with Crippen LogP contribution in [0.5, 0.6) is 0 Å². The van der Waals surface area contributed by atoms with Gasteiger partial charge in [-0.1, -0.05) is 36.4 Å². The van der Waals surface area contributed by atoms with Crippen LogP contribution >= 0.6 is 0 Å². The van der Waals surface area contributed by atoms with E-state index in [0.29, 0.717) is 17.8 Å². The fourth-order valence-corrected chi connectivity index (χ4v) is 5.14. The van der Waals surface area contributed by atoms with Crippen molar-refractivity contribution in [2.24, 2.45) is 0 Å². The molecule has 0 unspecified atom stereocenters. The van der Waals surface area contributed by atoms with Crippen molar-refractivity contribution in [3.05, 3.63) is 90.0 Å². The maximum Gasteiger partial charge on any atom is 0.264 e. The molecule has 0 spiro atoms. The van der Waals surface area contributed by atoms with Crippen molar-refractivity contribution in [2.45, 2.75) is 17.7 Å². The van der Waals surface area contributed by atoms with Crippen LogP contribution < -0.4 is 14.5 Å². The van der Waals surface area contributed by atoms with Crippen LogP contribution in [0, 0.1) is 0 Å². The molecule has 7 heteroatoms. The highest BCUT2D eigenvalue weighted by Gasteiger charge is 2.21. The number of nitrogens with zero attached hydrogens (tertiary/aromatic N) is 2. The zero-order valence-electron chi connectivity index (χ0n) is 18.1. The molecule has 0 aromatic heterocycles. The fourth-order valence-electron chi connectivity index (χ4n) is 3.92. The van der Waals surface area contributed by atoms with Gasteiger partial charge in [0, 0.05) is 37.9 Å². The fraction of sp³-hybridized carbons (Fsp3) is 0.240. The summed E-state index contributed by atoms with van der Waals surface area (Å²) in [5.41, 5.74) is 3.68. The molecule has 1 amide bonds. The highest BCUT2D eigenvalue weighted by molar-refractivity contribution is 7.92. The first-order valence-corrected chi connectivity index (χ1v) is 12.2. The maximum atomic E-state index is 12.8. The van der Waals surface area contributed by atoms with Gasteiger partial charge in [-0.3, -0.25) is 9.10 Å². The van der Waals surface area contributed by atoms with Crippen LogP contribution in [0.25, 0.3) is 0 Å². The van der Waals surface area contributed by atoms with Crippen molar-refractivity contribution >= 4 is 27.3 Å². The van der Waals surface area contributed by atoms with E-state index >= 15 is 0 Å². The van der Waals surface area contributed by atoms with Crippen LogP contribution in [0.2, 0.25) is 0 Å². The molecular weight excluding hydrogens is 422 g/mol. The number of para-hydroxylation sites is 1. The average molecular weight is 450 g/mol. The van der Waals surface area contributed by atoms with Crippen molar-refractivity contribution in [2.75, 3.05) is 35.9 Å². The first kappa shape index (κ1) is 21.9. The van der Waals surface area contributed by atoms with E-state index in [-0.39, 0.29) is 10.8 Å². The van der Waals surface area contributed by atoms with E-state index < -0.39 is 10.0 Å². The minimum absolute atomic E-state index is 0.160. The minimum Gasteiger partial charge on any atom is -0.371 e. The van der Waals surface area contributed by atoms with Gasteiger partial charge < -0.3 is 10.2 Å².